The Kier molecular flexibility index (Phi) is 7.14. The highest BCUT2D eigenvalue weighted by molar-refractivity contribution is 5.93. The van der Waals surface area contributed by atoms with Gasteiger partial charge in [0, 0.05) is 36.6 Å². The number of anilines is 2. The van der Waals surface area contributed by atoms with E-state index in [0.717, 1.165) is 12.3 Å². The van der Waals surface area contributed by atoms with Crippen molar-refractivity contribution in [1.82, 2.24) is 4.98 Å². The highest BCUT2D eigenvalue weighted by Gasteiger charge is 2.32. The Hall–Kier alpha value is -3.70. The molecule has 9 nitrogen and oxygen atoms in total. The summed E-state index contributed by atoms with van der Waals surface area (Å²) in [6.07, 6.45) is -2.89. The van der Waals surface area contributed by atoms with Gasteiger partial charge < -0.3 is 15.0 Å². The number of alkyl halides is 3. The zero-order valence-electron chi connectivity index (χ0n) is 17.6. The summed E-state index contributed by atoms with van der Waals surface area (Å²) in [5, 5.41) is 13.4. The van der Waals surface area contributed by atoms with Gasteiger partial charge in [-0.1, -0.05) is 6.07 Å². The van der Waals surface area contributed by atoms with Crippen LogP contribution in [0.15, 0.2) is 36.5 Å². The van der Waals surface area contributed by atoms with Gasteiger partial charge >= 0.3 is 12.1 Å². The predicted octanol–water partition coefficient (Wildman–Crippen LogP) is 3.72. The number of carbonyl (C=O) groups is 2. The highest BCUT2D eigenvalue weighted by atomic mass is 19.4. The predicted molar refractivity (Wildman–Crippen MR) is 112 cm³/mol. The minimum absolute atomic E-state index is 0.140. The number of amides is 1. The number of nitrogens with one attached hydrogen (secondary N) is 1. The van der Waals surface area contributed by atoms with Crippen molar-refractivity contribution < 1.29 is 32.4 Å². The van der Waals surface area contributed by atoms with Gasteiger partial charge in [0.15, 0.2) is 6.61 Å². The first kappa shape index (κ1) is 24.0. The summed E-state index contributed by atoms with van der Waals surface area (Å²) in [4.78, 5) is 40.4. The Morgan fingerprint density at radius 1 is 1.24 bits per heavy atom. The Labute approximate surface area is 186 Å². The van der Waals surface area contributed by atoms with Gasteiger partial charge in [-0.2, -0.15) is 13.2 Å². The number of hydrogen-bond acceptors (Lipinski definition) is 7. The van der Waals surface area contributed by atoms with E-state index in [2.05, 4.69) is 10.3 Å². The summed E-state index contributed by atoms with van der Waals surface area (Å²) in [5.41, 5.74) is -0.310. The fourth-order valence-corrected chi connectivity index (χ4v) is 3.42. The monoisotopic (exact) mass is 466 g/mol. The van der Waals surface area contributed by atoms with Crippen LogP contribution in [0.4, 0.5) is 30.4 Å². The normalized spacial score (nSPS) is 14.6. The van der Waals surface area contributed by atoms with Crippen LogP contribution in [0.25, 0.3) is 0 Å². The van der Waals surface area contributed by atoms with E-state index in [1.807, 2.05) is 0 Å². The number of nitro groups is 1. The molecule has 1 amide bonds. The van der Waals surface area contributed by atoms with Gasteiger partial charge in [-0.3, -0.25) is 19.7 Å². The van der Waals surface area contributed by atoms with Crippen LogP contribution in [0, 0.1) is 23.0 Å². The first-order chi connectivity index (χ1) is 15.5. The molecule has 0 bridgehead atoms. The second kappa shape index (κ2) is 9.84. The number of hydrogen-bond donors (Lipinski definition) is 1. The summed E-state index contributed by atoms with van der Waals surface area (Å²) in [7, 11) is 0. The maximum atomic E-state index is 12.7. The quantitative estimate of drug-likeness (QED) is 0.392. The molecule has 33 heavy (non-hydrogen) atoms. The van der Waals surface area contributed by atoms with Crippen molar-refractivity contribution in [3.05, 3.63) is 57.8 Å². The standard InChI is InChI=1S/C21H21F3N4O5/c1-13-2-4-16(10-17(13)28(31)32)26-19(29)12-33-20(30)14-6-8-27(9-7-14)18-5-3-15(11-25-18)21(22,23)24/h2-5,10-11,14H,6-9,12H2,1H3,(H,26,29). The molecule has 0 atom stereocenters. The maximum absolute atomic E-state index is 12.7. The van der Waals surface area contributed by atoms with Crippen LogP contribution in [-0.2, 0) is 20.5 Å². The number of pyridine rings is 1. The van der Waals surface area contributed by atoms with E-state index >= 15 is 0 Å². The molecule has 2 aromatic rings. The lowest BCUT2D eigenvalue weighted by atomic mass is 9.97. The van der Waals surface area contributed by atoms with Crippen molar-refractivity contribution in [2.75, 3.05) is 29.9 Å². The fourth-order valence-electron chi connectivity index (χ4n) is 3.42. The lowest BCUT2D eigenvalue weighted by Gasteiger charge is -2.31. The van der Waals surface area contributed by atoms with Crippen molar-refractivity contribution >= 4 is 29.1 Å². The summed E-state index contributed by atoms with van der Waals surface area (Å²) in [5.74, 6) is -1.25. The van der Waals surface area contributed by atoms with Crippen LogP contribution in [-0.4, -0.2) is 41.5 Å². The number of ether oxygens (including phenoxy) is 1. The molecule has 0 saturated carbocycles. The Morgan fingerprint density at radius 3 is 2.52 bits per heavy atom. The largest absolute Gasteiger partial charge is 0.455 e. The summed E-state index contributed by atoms with van der Waals surface area (Å²) >= 11 is 0. The van der Waals surface area contributed by atoms with Crippen molar-refractivity contribution in [3.8, 4) is 0 Å². The molecule has 176 valence electrons. The molecule has 12 heteroatoms. The maximum Gasteiger partial charge on any atom is 0.417 e. The van der Waals surface area contributed by atoms with Crippen molar-refractivity contribution in [2.24, 2.45) is 5.92 Å². The number of piperidine rings is 1. The van der Waals surface area contributed by atoms with E-state index in [0.29, 0.717) is 37.3 Å². The molecular formula is C21H21F3N4O5. The van der Waals surface area contributed by atoms with E-state index in [1.54, 1.807) is 11.8 Å². The zero-order valence-corrected chi connectivity index (χ0v) is 17.6. The van der Waals surface area contributed by atoms with Gasteiger partial charge in [0.25, 0.3) is 11.6 Å². The molecule has 0 unspecified atom stereocenters. The molecule has 0 aliphatic carbocycles. The number of aromatic nitrogens is 1. The highest BCUT2D eigenvalue weighted by Crippen LogP contribution is 2.30. The smallest absolute Gasteiger partial charge is 0.417 e. The zero-order chi connectivity index (χ0) is 24.2. The van der Waals surface area contributed by atoms with Crippen molar-refractivity contribution in [1.29, 1.82) is 0 Å². The van der Waals surface area contributed by atoms with E-state index < -0.39 is 41.1 Å². The number of benzene rings is 1. The van der Waals surface area contributed by atoms with Crippen LogP contribution in [0.3, 0.4) is 0 Å². The minimum Gasteiger partial charge on any atom is -0.455 e. The van der Waals surface area contributed by atoms with Gasteiger partial charge in [0.2, 0.25) is 0 Å². The molecule has 0 spiro atoms. The Bertz CT molecular complexity index is 1040. The molecule has 1 aromatic heterocycles. The number of nitro benzene ring substituents is 1. The number of halogens is 3. The first-order valence-electron chi connectivity index (χ1n) is 10.0. The van der Waals surface area contributed by atoms with Crippen LogP contribution in [0.5, 0.6) is 0 Å². The molecule has 1 aliphatic rings. The van der Waals surface area contributed by atoms with E-state index in [4.69, 9.17) is 4.74 Å². The number of esters is 1. The van der Waals surface area contributed by atoms with Gasteiger partial charge in [0.1, 0.15) is 5.82 Å². The summed E-state index contributed by atoms with van der Waals surface area (Å²) in [6, 6.07) is 6.48. The number of nitrogens with zero attached hydrogens (tertiary/aromatic N) is 3. The van der Waals surface area contributed by atoms with Gasteiger partial charge in [0.05, 0.1) is 16.4 Å². The Morgan fingerprint density at radius 2 is 1.94 bits per heavy atom. The molecule has 0 radical (unpaired) electrons. The van der Waals surface area contributed by atoms with Crippen LogP contribution in [0.1, 0.15) is 24.0 Å². The van der Waals surface area contributed by atoms with Crippen LogP contribution < -0.4 is 10.2 Å². The molecule has 1 fully saturated rings. The SMILES string of the molecule is Cc1ccc(NC(=O)COC(=O)C2CCN(c3ccc(C(F)(F)F)cn3)CC2)cc1[N+](=O)[O-]. The average Bonchev–Trinajstić information content (AvgIpc) is 2.78. The van der Waals surface area contributed by atoms with E-state index in [1.165, 1.54) is 24.3 Å². The third-order valence-corrected chi connectivity index (χ3v) is 5.26. The lowest BCUT2D eigenvalue weighted by Crippen LogP contribution is -2.38. The van der Waals surface area contributed by atoms with Crippen molar-refractivity contribution in [2.45, 2.75) is 25.9 Å². The molecular weight excluding hydrogens is 445 g/mol. The molecule has 1 aliphatic heterocycles. The first-order valence-corrected chi connectivity index (χ1v) is 10.0. The third-order valence-electron chi connectivity index (χ3n) is 5.26. The van der Waals surface area contributed by atoms with E-state index in [-0.39, 0.29) is 11.4 Å². The van der Waals surface area contributed by atoms with E-state index in [9.17, 15) is 32.9 Å². The molecule has 1 saturated heterocycles. The molecule has 1 aromatic carbocycles. The van der Waals surface area contributed by atoms with Gasteiger partial charge in [-0.25, -0.2) is 4.98 Å². The number of aryl methyl sites for hydroxylation is 1. The summed E-state index contributed by atoms with van der Waals surface area (Å²) in [6.45, 7) is 1.83. The number of carbonyl (C=O) groups excluding carboxylic acids is 2. The molecule has 1 N–H and O–H groups in total. The summed E-state index contributed by atoms with van der Waals surface area (Å²) < 4.78 is 43.0. The molecule has 2 heterocycles. The van der Waals surface area contributed by atoms with Gasteiger partial charge in [-0.15, -0.1) is 0 Å². The average molecular weight is 466 g/mol. The Balaban J connectivity index is 1.46. The topological polar surface area (TPSA) is 115 Å². The van der Waals surface area contributed by atoms with Crippen LogP contribution >= 0.6 is 0 Å². The number of rotatable bonds is 6. The third kappa shape index (κ3) is 6.18. The minimum atomic E-state index is -4.46. The fraction of sp³-hybridized carbons (Fsp3) is 0.381. The lowest BCUT2D eigenvalue weighted by molar-refractivity contribution is -0.385. The molecule has 3 rings (SSSR count). The van der Waals surface area contributed by atoms with Crippen molar-refractivity contribution in [3.63, 3.8) is 0 Å². The van der Waals surface area contributed by atoms with Gasteiger partial charge in [-0.05, 0) is 38.0 Å². The van der Waals surface area contributed by atoms with Crippen LogP contribution in [0.2, 0.25) is 0 Å². The second-order valence-electron chi connectivity index (χ2n) is 7.58. The second-order valence-corrected chi connectivity index (χ2v) is 7.58.